The molecule has 1 amide bonds. The molecule has 21 heavy (non-hydrogen) atoms. The van der Waals surface area contributed by atoms with E-state index in [2.05, 4.69) is 10.2 Å². The maximum Gasteiger partial charge on any atom is 0.330 e. The van der Waals surface area contributed by atoms with E-state index in [1.165, 1.54) is 0 Å². The number of ether oxygens (including phenoxy) is 1. The smallest absolute Gasteiger partial charge is 0.330 e. The zero-order chi connectivity index (χ0) is 15.2. The van der Waals surface area contributed by atoms with Crippen LogP contribution >= 0.6 is 0 Å². The highest BCUT2D eigenvalue weighted by Gasteiger charge is 2.30. The number of amides is 1. The third kappa shape index (κ3) is 4.03. The van der Waals surface area contributed by atoms with Crippen molar-refractivity contribution in [3.63, 3.8) is 0 Å². The van der Waals surface area contributed by atoms with Crippen molar-refractivity contribution < 1.29 is 19.4 Å². The molecule has 1 aliphatic heterocycles. The lowest BCUT2D eigenvalue weighted by Gasteiger charge is -2.31. The van der Waals surface area contributed by atoms with Gasteiger partial charge in [-0.1, -0.05) is 37.3 Å². The van der Waals surface area contributed by atoms with Crippen LogP contribution < -0.4 is 5.32 Å². The van der Waals surface area contributed by atoms with Gasteiger partial charge in [-0.05, 0) is 12.1 Å². The van der Waals surface area contributed by atoms with Crippen molar-refractivity contribution >= 4 is 11.9 Å². The van der Waals surface area contributed by atoms with Crippen molar-refractivity contribution in [2.75, 3.05) is 26.2 Å². The van der Waals surface area contributed by atoms with E-state index in [0.29, 0.717) is 18.7 Å². The Hall–Kier alpha value is -1.92. The highest BCUT2D eigenvalue weighted by atomic mass is 16.5. The quantitative estimate of drug-likeness (QED) is 0.833. The van der Waals surface area contributed by atoms with Crippen molar-refractivity contribution in [3.8, 4) is 0 Å². The van der Waals surface area contributed by atoms with E-state index < -0.39 is 18.1 Å². The zero-order valence-corrected chi connectivity index (χ0v) is 12.0. The number of carboxylic acid groups (broad SMARTS) is 1. The molecule has 1 aromatic carbocycles. The molecule has 114 valence electrons. The highest BCUT2D eigenvalue weighted by Crippen LogP contribution is 2.14. The van der Waals surface area contributed by atoms with Crippen LogP contribution in [0.5, 0.6) is 0 Å². The topological polar surface area (TPSA) is 78.9 Å². The number of carboxylic acids is 1. The number of hydrogen-bond donors (Lipinski definition) is 2. The molecule has 0 aromatic heterocycles. The molecule has 2 N–H and O–H groups in total. The number of rotatable bonds is 5. The second-order valence-electron chi connectivity index (χ2n) is 4.94. The fraction of sp³-hybridized carbons (Fsp3) is 0.467. The number of benzene rings is 1. The van der Waals surface area contributed by atoms with E-state index in [1.807, 2.05) is 6.92 Å². The van der Waals surface area contributed by atoms with Crippen LogP contribution in [0.3, 0.4) is 0 Å². The number of carbonyl (C=O) groups excluding carboxylic acids is 1. The average molecular weight is 292 g/mol. The Morgan fingerprint density at radius 2 is 2.14 bits per heavy atom. The van der Waals surface area contributed by atoms with Crippen molar-refractivity contribution in [2.24, 2.45) is 0 Å². The van der Waals surface area contributed by atoms with Gasteiger partial charge in [-0.15, -0.1) is 0 Å². The lowest BCUT2D eigenvalue weighted by Crippen LogP contribution is -2.51. The Morgan fingerprint density at radius 3 is 2.76 bits per heavy atom. The standard InChI is InChI=1S/C15H20N2O4/c1-2-17-8-9-21-12(10-17)14(18)16-13(15(19)20)11-6-4-3-5-7-11/h3-7,12-13H,2,8-10H2,1H3,(H,16,18)(H,19,20)/t12?,13-/m0/s1. The number of nitrogens with one attached hydrogen (secondary N) is 1. The maximum absolute atomic E-state index is 12.2. The largest absolute Gasteiger partial charge is 0.479 e. The monoisotopic (exact) mass is 292 g/mol. The van der Waals surface area contributed by atoms with Gasteiger partial charge >= 0.3 is 5.97 Å². The Balaban J connectivity index is 2.03. The summed E-state index contributed by atoms with van der Waals surface area (Å²) in [4.78, 5) is 25.7. The first-order chi connectivity index (χ1) is 10.1. The zero-order valence-electron chi connectivity index (χ0n) is 12.0. The van der Waals surface area contributed by atoms with E-state index in [-0.39, 0.29) is 5.91 Å². The van der Waals surface area contributed by atoms with Gasteiger partial charge in [0.25, 0.3) is 5.91 Å². The van der Waals surface area contributed by atoms with Gasteiger partial charge in [0.2, 0.25) is 0 Å². The Bertz CT molecular complexity index is 492. The molecule has 6 heteroatoms. The number of morpholine rings is 1. The molecule has 0 saturated carbocycles. The summed E-state index contributed by atoms with van der Waals surface area (Å²) in [5.74, 6) is -1.47. The Labute approximate surface area is 123 Å². The molecular weight excluding hydrogens is 272 g/mol. The molecule has 2 rings (SSSR count). The second-order valence-corrected chi connectivity index (χ2v) is 4.94. The fourth-order valence-corrected chi connectivity index (χ4v) is 2.32. The second kappa shape index (κ2) is 7.19. The van der Waals surface area contributed by atoms with Crippen molar-refractivity contribution in [2.45, 2.75) is 19.1 Å². The third-order valence-corrected chi connectivity index (χ3v) is 3.56. The van der Waals surface area contributed by atoms with Gasteiger partial charge in [-0.2, -0.15) is 0 Å². The first kappa shape index (κ1) is 15.5. The number of carbonyl (C=O) groups is 2. The van der Waals surface area contributed by atoms with Gasteiger partial charge in [0.05, 0.1) is 6.61 Å². The summed E-state index contributed by atoms with van der Waals surface area (Å²) in [7, 11) is 0. The normalized spacial score (nSPS) is 20.7. The molecule has 0 aliphatic carbocycles. The molecule has 0 bridgehead atoms. The van der Waals surface area contributed by atoms with Crippen molar-refractivity contribution in [1.29, 1.82) is 0 Å². The van der Waals surface area contributed by atoms with Crippen LogP contribution in [-0.4, -0.2) is 54.2 Å². The van der Waals surface area contributed by atoms with Gasteiger partial charge in [0.1, 0.15) is 6.10 Å². The van der Waals surface area contributed by atoms with E-state index in [9.17, 15) is 14.7 Å². The molecule has 1 aliphatic rings. The predicted molar refractivity (Wildman–Crippen MR) is 76.8 cm³/mol. The van der Waals surface area contributed by atoms with Crippen LogP contribution in [0.2, 0.25) is 0 Å². The molecule has 0 radical (unpaired) electrons. The minimum Gasteiger partial charge on any atom is -0.479 e. The van der Waals surface area contributed by atoms with Crippen molar-refractivity contribution in [3.05, 3.63) is 35.9 Å². The van der Waals surface area contributed by atoms with Gasteiger partial charge in [-0.3, -0.25) is 9.69 Å². The summed E-state index contributed by atoms with van der Waals surface area (Å²) in [5, 5.41) is 11.9. The molecule has 1 fully saturated rings. The van der Waals surface area contributed by atoms with Crippen LogP contribution in [0.4, 0.5) is 0 Å². The molecule has 1 saturated heterocycles. The molecule has 2 atom stereocenters. The van der Waals surface area contributed by atoms with Gasteiger partial charge in [0, 0.05) is 13.1 Å². The summed E-state index contributed by atoms with van der Waals surface area (Å²) < 4.78 is 5.44. The summed E-state index contributed by atoms with van der Waals surface area (Å²) >= 11 is 0. The minimum absolute atomic E-state index is 0.385. The first-order valence-corrected chi connectivity index (χ1v) is 7.04. The lowest BCUT2D eigenvalue weighted by molar-refractivity contribution is -0.146. The average Bonchev–Trinajstić information content (AvgIpc) is 2.53. The van der Waals surface area contributed by atoms with Gasteiger partial charge < -0.3 is 15.2 Å². The molecule has 0 spiro atoms. The summed E-state index contributed by atoms with van der Waals surface area (Å²) in [6.07, 6.45) is -0.621. The number of hydrogen-bond acceptors (Lipinski definition) is 4. The molecule has 6 nitrogen and oxygen atoms in total. The summed E-state index contributed by atoms with van der Waals surface area (Å²) in [5.41, 5.74) is 0.543. The third-order valence-electron chi connectivity index (χ3n) is 3.56. The van der Waals surface area contributed by atoms with Gasteiger partial charge in [-0.25, -0.2) is 4.79 Å². The van der Waals surface area contributed by atoms with E-state index in [0.717, 1.165) is 13.1 Å². The van der Waals surface area contributed by atoms with Crippen LogP contribution in [0.25, 0.3) is 0 Å². The van der Waals surface area contributed by atoms with E-state index in [4.69, 9.17) is 4.74 Å². The number of likely N-dealkylation sites (N-methyl/N-ethyl adjacent to an activating group) is 1. The lowest BCUT2D eigenvalue weighted by atomic mass is 10.1. The van der Waals surface area contributed by atoms with Crippen molar-refractivity contribution in [1.82, 2.24) is 10.2 Å². The predicted octanol–water partition coefficient (Wildman–Crippen LogP) is 0.649. The van der Waals surface area contributed by atoms with Crippen LogP contribution in [0.15, 0.2) is 30.3 Å². The summed E-state index contributed by atoms with van der Waals surface area (Å²) in [6.45, 7) is 4.62. The van der Waals surface area contributed by atoms with Gasteiger partial charge in [0.15, 0.2) is 6.04 Å². The molecule has 1 unspecified atom stereocenters. The SMILES string of the molecule is CCN1CCOC(C(=O)N[C@H](C(=O)O)c2ccccc2)C1. The van der Waals surface area contributed by atoms with Crippen LogP contribution in [-0.2, 0) is 14.3 Å². The number of nitrogens with zero attached hydrogens (tertiary/aromatic N) is 1. The number of aliphatic carboxylic acids is 1. The fourth-order valence-electron chi connectivity index (χ4n) is 2.32. The Kier molecular flexibility index (Phi) is 5.30. The molecular formula is C15H20N2O4. The van der Waals surface area contributed by atoms with Crippen LogP contribution in [0.1, 0.15) is 18.5 Å². The summed E-state index contributed by atoms with van der Waals surface area (Å²) in [6, 6.07) is 7.59. The van der Waals surface area contributed by atoms with E-state index >= 15 is 0 Å². The first-order valence-electron chi connectivity index (χ1n) is 7.04. The molecule has 1 heterocycles. The maximum atomic E-state index is 12.2. The minimum atomic E-state index is -1.09. The van der Waals surface area contributed by atoms with E-state index in [1.54, 1.807) is 30.3 Å². The molecule has 1 aromatic rings. The Morgan fingerprint density at radius 1 is 1.43 bits per heavy atom. The van der Waals surface area contributed by atoms with Crippen LogP contribution in [0, 0.1) is 0 Å². The highest BCUT2D eigenvalue weighted by molar-refractivity contribution is 5.87.